The molecule has 1 saturated heterocycles. The number of carbonyl (C=O) groups excluding carboxylic acids is 3. The average molecular weight is 692 g/mol. The molecule has 256 valence electrons. The number of ketones is 1. The number of Topliss-reactive ketones (excluding diaryl/α,β-unsaturated/α-hetero) is 1. The molecule has 11 nitrogen and oxygen atoms in total. The van der Waals surface area contributed by atoms with Crippen molar-refractivity contribution in [3.8, 4) is 5.88 Å². The minimum Gasteiger partial charge on any atom is -0.471 e. The molecule has 2 saturated carbocycles. The van der Waals surface area contributed by atoms with Crippen molar-refractivity contribution >= 4 is 51.1 Å². The first-order chi connectivity index (χ1) is 21.9. The highest BCUT2D eigenvalue weighted by molar-refractivity contribution is 7.91. The summed E-state index contributed by atoms with van der Waals surface area (Å²) in [4.78, 5) is 52.1. The maximum atomic E-state index is 14.1. The first-order valence-electron chi connectivity index (χ1n) is 16.3. The number of aromatic nitrogens is 2. The van der Waals surface area contributed by atoms with Gasteiger partial charge in [-0.3, -0.25) is 19.1 Å². The van der Waals surface area contributed by atoms with Crippen molar-refractivity contribution in [2.75, 3.05) is 6.54 Å². The maximum Gasteiger partial charge on any atom is 0.240 e. The Kier molecular flexibility index (Phi) is 10.0. The van der Waals surface area contributed by atoms with Crippen molar-refractivity contribution in [2.24, 2.45) is 17.1 Å². The van der Waals surface area contributed by atoms with E-state index in [0.717, 1.165) is 25.7 Å². The van der Waals surface area contributed by atoms with Crippen LogP contribution in [0.5, 0.6) is 5.88 Å². The Labute approximate surface area is 280 Å². The van der Waals surface area contributed by atoms with Crippen LogP contribution in [-0.4, -0.2) is 70.4 Å². The smallest absolute Gasteiger partial charge is 0.240 e. The quantitative estimate of drug-likeness (QED) is 0.428. The van der Waals surface area contributed by atoms with E-state index >= 15 is 0 Å². The van der Waals surface area contributed by atoms with Gasteiger partial charge in [0.25, 0.3) is 0 Å². The number of hydrogen-bond acceptors (Lipinski definition) is 9. The molecule has 2 aromatic rings. The SMILES string of the molecule is CCc1nc2ccc(F)cc2nc1O[C@@H]1C[C@H]2C(=O)C[C@]3(C(=O)NS(=O)(=O)C4(C)CC4)C[C@H]3/C=C\CCCCC[C@H](N)C(=O)N2C1.Cl. The van der Waals surface area contributed by atoms with E-state index in [0.29, 0.717) is 48.8 Å². The lowest BCUT2D eigenvalue weighted by molar-refractivity contribution is -0.140. The Morgan fingerprint density at radius 1 is 1.17 bits per heavy atom. The number of sulfonamides is 1. The minimum atomic E-state index is -3.90. The molecular formula is C33H43ClFN5O6S. The lowest BCUT2D eigenvalue weighted by Gasteiger charge is -2.27. The number of nitrogens with one attached hydrogen (secondary N) is 1. The highest BCUT2D eigenvalue weighted by Crippen LogP contribution is 2.57. The highest BCUT2D eigenvalue weighted by atomic mass is 35.5. The van der Waals surface area contributed by atoms with Crippen LogP contribution in [0, 0.1) is 17.2 Å². The first-order valence-corrected chi connectivity index (χ1v) is 17.8. The fourth-order valence-corrected chi connectivity index (χ4v) is 8.05. The number of fused-ring (bicyclic) bond motifs is 3. The second kappa shape index (κ2) is 13.4. The molecule has 1 aromatic carbocycles. The third-order valence-corrected chi connectivity index (χ3v) is 12.3. The maximum absolute atomic E-state index is 14.1. The van der Waals surface area contributed by atoms with Crippen molar-refractivity contribution in [1.82, 2.24) is 19.6 Å². The molecule has 1 aromatic heterocycles. The fraction of sp³-hybridized carbons (Fsp3) is 0.606. The molecule has 3 fully saturated rings. The lowest BCUT2D eigenvalue weighted by atomic mass is 9.91. The van der Waals surface area contributed by atoms with Gasteiger partial charge in [-0.05, 0) is 69.9 Å². The lowest BCUT2D eigenvalue weighted by Crippen LogP contribution is -2.50. The van der Waals surface area contributed by atoms with Crippen LogP contribution >= 0.6 is 12.4 Å². The van der Waals surface area contributed by atoms with E-state index in [1.54, 1.807) is 13.0 Å². The number of amides is 2. The Hall–Kier alpha value is -3.16. The molecule has 3 heterocycles. The molecule has 2 aliphatic carbocycles. The van der Waals surface area contributed by atoms with Gasteiger partial charge in [-0.15, -0.1) is 12.4 Å². The summed E-state index contributed by atoms with van der Waals surface area (Å²) in [6.45, 7) is 3.58. The van der Waals surface area contributed by atoms with Gasteiger partial charge >= 0.3 is 0 Å². The van der Waals surface area contributed by atoms with Crippen LogP contribution in [0.1, 0.15) is 83.7 Å². The molecule has 0 radical (unpaired) electrons. The number of rotatable bonds is 6. The van der Waals surface area contributed by atoms with Crippen molar-refractivity contribution < 1.29 is 31.9 Å². The zero-order valence-electron chi connectivity index (χ0n) is 26.7. The van der Waals surface area contributed by atoms with Gasteiger partial charge in [0.1, 0.15) is 17.6 Å². The van der Waals surface area contributed by atoms with Crippen LogP contribution < -0.4 is 15.2 Å². The van der Waals surface area contributed by atoms with Gasteiger partial charge in [0.2, 0.25) is 27.7 Å². The summed E-state index contributed by atoms with van der Waals surface area (Å²) in [6, 6.07) is 2.41. The summed E-state index contributed by atoms with van der Waals surface area (Å²) >= 11 is 0. The molecule has 6 rings (SSSR count). The van der Waals surface area contributed by atoms with E-state index in [1.807, 2.05) is 19.1 Å². The molecule has 3 N–H and O–H groups in total. The van der Waals surface area contributed by atoms with E-state index in [1.165, 1.54) is 17.0 Å². The van der Waals surface area contributed by atoms with E-state index in [-0.39, 0.29) is 55.3 Å². The fourth-order valence-electron chi connectivity index (χ4n) is 6.71. The monoisotopic (exact) mass is 691 g/mol. The summed E-state index contributed by atoms with van der Waals surface area (Å²) in [5.41, 5.74) is 6.55. The van der Waals surface area contributed by atoms with Gasteiger partial charge in [-0.25, -0.2) is 22.8 Å². The highest BCUT2D eigenvalue weighted by Gasteiger charge is 2.62. The van der Waals surface area contributed by atoms with Crippen LogP contribution in [0.3, 0.4) is 0 Å². The van der Waals surface area contributed by atoms with Crippen LogP contribution in [0.15, 0.2) is 30.4 Å². The molecule has 4 aliphatic rings. The normalized spacial score (nSPS) is 29.8. The predicted octanol–water partition coefficient (Wildman–Crippen LogP) is 3.91. The van der Waals surface area contributed by atoms with Gasteiger partial charge < -0.3 is 15.4 Å². The van der Waals surface area contributed by atoms with Crippen LogP contribution in [-0.2, 0) is 30.8 Å². The third kappa shape index (κ3) is 7.03. The second-order valence-electron chi connectivity index (χ2n) is 13.6. The standard InChI is InChI=1S/C33H42FN5O6S.ClH/c1-3-24-29(37-26-15-21(34)11-12-25(26)36-24)45-22-16-27-28(40)18-33(31(42)38-46(43,44)32(2)13-14-32)17-20(33)9-7-5-4-6-8-10-23(35)30(41)39(27)19-22;/h7,9,11-12,15,20,22-23,27H,3-6,8,10,13-14,16-19,35H2,1-2H3,(H,38,42);1H/b9-7-;/t20-,22-,23+,27+,33-;/m1./s1. The Bertz CT molecular complexity index is 1700. The minimum absolute atomic E-state index is 0. The zero-order valence-corrected chi connectivity index (χ0v) is 28.4. The summed E-state index contributed by atoms with van der Waals surface area (Å²) in [5.74, 6) is -1.91. The topological polar surface area (TPSA) is 162 Å². The molecular weight excluding hydrogens is 649 g/mol. The van der Waals surface area contributed by atoms with Crippen molar-refractivity contribution in [3.05, 3.63) is 41.9 Å². The van der Waals surface area contributed by atoms with Crippen molar-refractivity contribution in [2.45, 2.75) is 107 Å². The number of carbonyl (C=O) groups is 3. The molecule has 47 heavy (non-hydrogen) atoms. The molecule has 0 spiro atoms. The number of halogens is 2. The Morgan fingerprint density at radius 3 is 2.66 bits per heavy atom. The Morgan fingerprint density at radius 2 is 1.94 bits per heavy atom. The number of ether oxygens (including phenoxy) is 1. The number of aryl methyl sites for hydroxylation is 1. The number of benzene rings is 1. The summed E-state index contributed by atoms with van der Waals surface area (Å²) in [6.07, 6.45) is 8.75. The zero-order chi connectivity index (χ0) is 32.9. The number of allylic oxidation sites excluding steroid dienone is 2. The average Bonchev–Trinajstić information content (AvgIpc) is 3.89. The summed E-state index contributed by atoms with van der Waals surface area (Å²) in [7, 11) is -3.90. The van der Waals surface area contributed by atoms with Crippen LogP contribution in [0.25, 0.3) is 11.0 Å². The van der Waals surface area contributed by atoms with Gasteiger partial charge in [0, 0.05) is 18.9 Å². The second-order valence-corrected chi connectivity index (χ2v) is 15.8. The molecule has 0 bridgehead atoms. The van der Waals surface area contributed by atoms with E-state index in [4.69, 9.17) is 10.5 Å². The van der Waals surface area contributed by atoms with E-state index < -0.39 is 50.1 Å². The van der Waals surface area contributed by atoms with Gasteiger partial charge in [0.05, 0.1) is 39.8 Å². The number of nitrogens with two attached hydrogens (primary N) is 1. The van der Waals surface area contributed by atoms with Gasteiger partial charge in [0.15, 0.2) is 5.78 Å². The molecule has 2 amide bonds. The van der Waals surface area contributed by atoms with E-state index in [2.05, 4.69) is 14.7 Å². The number of nitrogens with zero attached hydrogens (tertiary/aromatic N) is 3. The molecule has 14 heteroatoms. The predicted molar refractivity (Wildman–Crippen MR) is 176 cm³/mol. The number of hydrogen-bond donors (Lipinski definition) is 2. The largest absolute Gasteiger partial charge is 0.471 e. The molecule has 5 atom stereocenters. The first kappa shape index (κ1) is 35.2. The van der Waals surface area contributed by atoms with Crippen LogP contribution in [0.2, 0.25) is 0 Å². The summed E-state index contributed by atoms with van der Waals surface area (Å²) in [5, 5.41) is 0. The van der Waals surface area contributed by atoms with Crippen molar-refractivity contribution in [3.63, 3.8) is 0 Å². The Balaban J connectivity index is 0.00000433. The third-order valence-electron chi connectivity index (χ3n) is 10.2. The molecule has 0 unspecified atom stereocenters. The van der Waals surface area contributed by atoms with E-state index in [9.17, 15) is 27.2 Å². The summed E-state index contributed by atoms with van der Waals surface area (Å²) < 4.78 is 47.6. The van der Waals surface area contributed by atoms with Crippen LogP contribution in [0.4, 0.5) is 4.39 Å². The van der Waals surface area contributed by atoms with Crippen molar-refractivity contribution in [1.29, 1.82) is 0 Å². The van der Waals surface area contributed by atoms with Gasteiger partial charge in [-0.2, -0.15) is 0 Å². The van der Waals surface area contributed by atoms with Gasteiger partial charge in [-0.1, -0.05) is 31.9 Å². The molecule has 2 aliphatic heterocycles.